The highest BCUT2D eigenvalue weighted by Gasteiger charge is 2.29. The monoisotopic (exact) mass is 832 g/mol. The molecule has 2 aliphatic heterocycles. The van der Waals surface area contributed by atoms with E-state index in [0.29, 0.717) is 72.5 Å². The minimum absolute atomic E-state index is 0.114. The average Bonchev–Trinajstić information content (AvgIpc) is 3.54. The molecule has 4 aromatic carbocycles. The lowest BCUT2D eigenvalue weighted by Crippen LogP contribution is -2.41. The van der Waals surface area contributed by atoms with E-state index in [4.69, 9.17) is 25.4 Å². The van der Waals surface area contributed by atoms with Crippen LogP contribution >= 0.6 is 15.9 Å². The molecule has 14 heteroatoms. The van der Waals surface area contributed by atoms with Crippen molar-refractivity contribution in [2.45, 2.75) is 18.9 Å². The number of amides is 1. The number of nitrogens with two attached hydrogens (primary N) is 1. The van der Waals surface area contributed by atoms with E-state index in [1.807, 2.05) is 78.9 Å². The van der Waals surface area contributed by atoms with Crippen LogP contribution in [0.4, 0.5) is 17.3 Å². The number of fused-ring (bicyclic) bond motifs is 1. The second-order valence-electron chi connectivity index (χ2n) is 13.7. The number of hydrogen-bond donors (Lipinski definition) is 6. The van der Waals surface area contributed by atoms with Crippen LogP contribution in [0.3, 0.4) is 0 Å². The number of nitrogen functional groups attached to an aromatic ring is 1. The Hall–Kier alpha value is -5.80. The molecule has 1 amide bonds. The zero-order valence-corrected chi connectivity index (χ0v) is 32.9. The highest BCUT2D eigenvalue weighted by atomic mass is 79.9. The van der Waals surface area contributed by atoms with Crippen molar-refractivity contribution in [3.05, 3.63) is 130 Å². The summed E-state index contributed by atoms with van der Waals surface area (Å²) in [6.45, 7) is 4.97. The molecule has 294 valence electrons. The van der Waals surface area contributed by atoms with Gasteiger partial charge in [0, 0.05) is 59.1 Å². The lowest BCUT2D eigenvalue weighted by molar-refractivity contribution is -0.110. The molecule has 0 spiro atoms. The van der Waals surface area contributed by atoms with E-state index < -0.39 is 0 Å². The average molecular weight is 834 g/mol. The van der Waals surface area contributed by atoms with Crippen molar-refractivity contribution in [3.8, 4) is 17.2 Å². The van der Waals surface area contributed by atoms with Gasteiger partial charge in [-0.25, -0.2) is 9.97 Å². The Morgan fingerprint density at radius 3 is 2.42 bits per heavy atom. The number of aromatic nitrogens is 2. The molecule has 0 saturated carbocycles. The maximum Gasteiger partial charge on any atom is 0.258 e. The molecule has 1 saturated heterocycles. The first-order valence-electron chi connectivity index (χ1n) is 18.9. The van der Waals surface area contributed by atoms with Crippen molar-refractivity contribution in [1.29, 1.82) is 5.41 Å². The van der Waals surface area contributed by atoms with Gasteiger partial charge in [0.1, 0.15) is 35.2 Å². The SMILES string of the molecule is N=C(c1ccc(Oc2ccccc2)cc1)c1c(N)ncnc1NC1CCN(CCOCCOCCN/C(=C2\C(=O)Nc3ccc(Br)cc32)c2cccc(O)c2)CC1. The number of phenols is 1. The van der Waals surface area contributed by atoms with E-state index in [2.05, 4.69) is 46.7 Å². The Balaban J connectivity index is 0.821. The minimum Gasteiger partial charge on any atom is -0.508 e. The Bertz CT molecular complexity index is 2210. The summed E-state index contributed by atoms with van der Waals surface area (Å²) in [5, 5.41) is 29.0. The number of phenolic OH excluding ortho intramolecular Hbond substituents is 1. The quantitative estimate of drug-likeness (QED) is 0.0332. The molecule has 5 aromatic rings. The van der Waals surface area contributed by atoms with E-state index in [1.54, 1.807) is 18.2 Å². The van der Waals surface area contributed by atoms with Gasteiger partial charge in [0.05, 0.1) is 49.0 Å². The largest absolute Gasteiger partial charge is 0.508 e. The van der Waals surface area contributed by atoms with Crippen LogP contribution in [-0.2, 0) is 14.3 Å². The first-order valence-corrected chi connectivity index (χ1v) is 19.7. The second kappa shape index (κ2) is 18.9. The van der Waals surface area contributed by atoms with Gasteiger partial charge in [-0.05, 0) is 79.6 Å². The number of para-hydroxylation sites is 1. The molecule has 1 fully saturated rings. The Kier molecular flexibility index (Phi) is 13.1. The number of halogens is 1. The minimum atomic E-state index is -0.209. The summed E-state index contributed by atoms with van der Waals surface area (Å²) >= 11 is 3.51. The predicted octanol–water partition coefficient (Wildman–Crippen LogP) is 6.76. The maximum absolute atomic E-state index is 13.1. The lowest BCUT2D eigenvalue weighted by Gasteiger charge is -2.32. The molecule has 2 aliphatic rings. The fourth-order valence-corrected chi connectivity index (χ4v) is 7.22. The van der Waals surface area contributed by atoms with E-state index in [1.165, 1.54) is 6.33 Å². The van der Waals surface area contributed by atoms with E-state index >= 15 is 0 Å². The third kappa shape index (κ3) is 10.1. The number of carbonyl (C=O) groups is 1. The lowest BCUT2D eigenvalue weighted by atomic mass is 10.00. The van der Waals surface area contributed by atoms with E-state index in [-0.39, 0.29) is 29.2 Å². The van der Waals surface area contributed by atoms with Gasteiger partial charge >= 0.3 is 0 Å². The third-order valence-corrected chi connectivity index (χ3v) is 10.3. The smallest absolute Gasteiger partial charge is 0.258 e. The number of likely N-dealkylation sites (tertiary alicyclic amines) is 1. The molecule has 3 heterocycles. The molecule has 13 nitrogen and oxygen atoms in total. The fourth-order valence-electron chi connectivity index (χ4n) is 6.86. The summed E-state index contributed by atoms with van der Waals surface area (Å²) in [5.74, 6) is 2.14. The first kappa shape index (κ1) is 39.4. The van der Waals surface area contributed by atoms with Crippen molar-refractivity contribution < 1.29 is 24.1 Å². The van der Waals surface area contributed by atoms with Crippen LogP contribution in [0.15, 0.2) is 108 Å². The van der Waals surface area contributed by atoms with Crippen LogP contribution in [0.1, 0.15) is 35.1 Å². The molecular weight excluding hydrogens is 788 g/mol. The Morgan fingerprint density at radius 2 is 1.65 bits per heavy atom. The summed E-state index contributed by atoms with van der Waals surface area (Å²) in [4.78, 5) is 24.1. The number of anilines is 3. The summed E-state index contributed by atoms with van der Waals surface area (Å²) in [7, 11) is 0. The molecule has 0 aliphatic carbocycles. The van der Waals surface area contributed by atoms with Gasteiger partial charge in [-0.1, -0.05) is 46.3 Å². The summed E-state index contributed by atoms with van der Waals surface area (Å²) in [6, 6.07) is 29.6. The molecule has 0 unspecified atom stereocenters. The van der Waals surface area contributed by atoms with Crippen LogP contribution in [0.5, 0.6) is 17.2 Å². The second-order valence-corrected chi connectivity index (χ2v) is 14.6. The number of carbonyl (C=O) groups excluding carboxylic acids is 1. The van der Waals surface area contributed by atoms with Crippen LogP contribution in [-0.4, -0.2) is 90.2 Å². The van der Waals surface area contributed by atoms with Crippen molar-refractivity contribution >= 4 is 56.1 Å². The van der Waals surface area contributed by atoms with E-state index in [0.717, 1.165) is 53.9 Å². The van der Waals surface area contributed by atoms with Crippen LogP contribution in [0.25, 0.3) is 11.3 Å². The normalized spacial score (nSPS) is 15.1. The van der Waals surface area contributed by atoms with Gasteiger partial charge in [0.25, 0.3) is 5.91 Å². The predicted molar refractivity (Wildman–Crippen MR) is 226 cm³/mol. The number of nitrogens with one attached hydrogen (secondary N) is 4. The van der Waals surface area contributed by atoms with Crippen LogP contribution in [0.2, 0.25) is 0 Å². The molecule has 0 atom stereocenters. The standard InChI is InChI=1S/C43H45BrN8O5/c44-30-11-14-36-35(26-30)37(43(54)51-36)40(29-5-4-6-32(53)25-29)47-17-21-55-23-24-56-22-20-52-18-15-31(16-19-52)50-42-38(41(46)48-27-49-42)39(45)28-9-12-34(13-10-28)57-33-7-2-1-3-8-33/h1-14,25-27,31,45,47,53H,15-24H2,(H,51,54)(H3,46,48,49,50)/b40-37-,45-39?. The Morgan fingerprint density at radius 1 is 0.895 bits per heavy atom. The number of hydrogen-bond acceptors (Lipinski definition) is 12. The maximum atomic E-state index is 13.1. The number of piperidine rings is 1. The highest BCUT2D eigenvalue weighted by molar-refractivity contribution is 9.10. The zero-order chi connectivity index (χ0) is 39.6. The molecule has 7 N–H and O–H groups in total. The van der Waals surface area contributed by atoms with Gasteiger partial charge in [-0.3, -0.25) is 10.2 Å². The summed E-state index contributed by atoms with van der Waals surface area (Å²) in [6.07, 6.45) is 3.24. The zero-order valence-electron chi connectivity index (χ0n) is 31.3. The Labute approximate surface area is 339 Å². The molecule has 0 bridgehead atoms. The molecule has 0 radical (unpaired) electrons. The molecular formula is C43H45BrN8O5. The van der Waals surface area contributed by atoms with E-state index in [9.17, 15) is 9.90 Å². The number of benzene rings is 4. The van der Waals surface area contributed by atoms with Crippen molar-refractivity contribution in [2.24, 2.45) is 0 Å². The first-order chi connectivity index (χ1) is 27.8. The van der Waals surface area contributed by atoms with Crippen LogP contribution < -0.4 is 26.4 Å². The number of nitrogens with zero attached hydrogens (tertiary/aromatic N) is 3. The molecule has 7 rings (SSSR count). The van der Waals surface area contributed by atoms with Crippen molar-refractivity contribution in [2.75, 3.05) is 69.0 Å². The van der Waals surface area contributed by atoms with Crippen molar-refractivity contribution in [1.82, 2.24) is 20.2 Å². The van der Waals surface area contributed by atoms with Gasteiger partial charge in [-0.2, -0.15) is 0 Å². The van der Waals surface area contributed by atoms with Crippen molar-refractivity contribution in [3.63, 3.8) is 0 Å². The number of aromatic hydroxyl groups is 1. The number of rotatable bonds is 17. The highest BCUT2D eigenvalue weighted by Crippen LogP contribution is 2.38. The third-order valence-electron chi connectivity index (χ3n) is 9.76. The van der Waals surface area contributed by atoms with Gasteiger partial charge in [0.15, 0.2) is 0 Å². The number of ether oxygens (including phenoxy) is 3. The van der Waals surface area contributed by atoms with Gasteiger partial charge in [-0.15, -0.1) is 0 Å². The topological polar surface area (TPSA) is 180 Å². The summed E-state index contributed by atoms with van der Waals surface area (Å²) < 4.78 is 18.5. The van der Waals surface area contributed by atoms with Gasteiger partial charge < -0.3 is 45.9 Å². The fraction of sp³-hybridized carbons (Fsp3) is 0.256. The van der Waals surface area contributed by atoms with Crippen LogP contribution in [0, 0.1) is 5.41 Å². The summed E-state index contributed by atoms with van der Waals surface area (Å²) in [5.41, 5.74) is 11.1. The molecule has 57 heavy (non-hydrogen) atoms. The molecule has 1 aromatic heterocycles. The van der Waals surface area contributed by atoms with Gasteiger partial charge in [0.2, 0.25) is 0 Å².